The highest BCUT2D eigenvalue weighted by atomic mass is 35.5. The van der Waals surface area contributed by atoms with Crippen molar-refractivity contribution >= 4 is 40.5 Å². The molecule has 4 aromatic rings. The summed E-state index contributed by atoms with van der Waals surface area (Å²) in [5.74, 6) is 0.176. The lowest BCUT2D eigenvalue weighted by Gasteiger charge is -2.36. The lowest BCUT2D eigenvalue weighted by molar-refractivity contribution is 0.0997. The zero-order chi connectivity index (χ0) is 25.1. The molecular weight excluding hydrogens is 500 g/mol. The Balaban J connectivity index is 1.16. The van der Waals surface area contributed by atoms with Gasteiger partial charge in [0.25, 0.3) is 5.91 Å². The molecule has 5 rings (SSSR count). The average Bonchev–Trinajstić information content (AvgIpc) is 3.37. The second-order valence-corrected chi connectivity index (χ2v) is 9.49. The molecule has 184 valence electrons. The molecule has 2 heterocycles. The number of hydrogen-bond donors (Lipinski definition) is 1. The number of anilines is 2. The summed E-state index contributed by atoms with van der Waals surface area (Å²) in [6, 6.07) is 23.1. The molecule has 1 saturated heterocycles. The Labute approximate surface area is 219 Å². The van der Waals surface area contributed by atoms with Crippen molar-refractivity contribution in [1.29, 1.82) is 0 Å². The van der Waals surface area contributed by atoms with Crippen molar-refractivity contribution in [1.82, 2.24) is 4.90 Å². The Bertz CT molecular complexity index is 1370. The summed E-state index contributed by atoms with van der Waals surface area (Å²) in [4.78, 5) is 17.2. The quantitative estimate of drug-likeness (QED) is 0.296. The fraction of sp³-hybridized carbons (Fsp3) is 0.179. The van der Waals surface area contributed by atoms with E-state index in [2.05, 4.69) is 15.1 Å². The summed E-state index contributed by atoms with van der Waals surface area (Å²) in [5, 5.41) is 3.85. The summed E-state index contributed by atoms with van der Waals surface area (Å²) < 4.78 is 19.7. The molecule has 36 heavy (non-hydrogen) atoms. The largest absolute Gasteiger partial charge is 0.451 e. The Morgan fingerprint density at radius 1 is 0.917 bits per heavy atom. The lowest BCUT2D eigenvalue weighted by atomic mass is 10.1. The molecule has 1 N–H and O–H groups in total. The number of carbonyl (C=O) groups is 1. The second kappa shape index (κ2) is 10.7. The van der Waals surface area contributed by atoms with E-state index in [1.807, 2.05) is 36.4 Å². The van der Waals surface area contributed by atoms with Gasteiger partial charge in [-0.05, 0) is 60.7 Å². The molecule has 1 aliphatic rings. The number of hydrogen-bond acceptors (Lipinski definition) is 4. The van der Waals surface area contributed by atoms with Crippen molar-refractivity contribution in [3.8, 4) is 11.3 Å². The zero-order valence-corrected chi connectivity index (χ0v) is 20.9. The van der Waals surface area contributed by atoms with Crippen LogP contribution in [0, 0.1) is 5.82 Å². The maximum Gasteiger partial charge on any atom is 0.291 e. The highest BCUT2D eigenvalue weighted by molar-refractivity contribution is 6.36. The number of piperazine rings is 1. The monoisotopic (exact) mass is 523 g/mol. The van der Waals surface area contributed by atoms with E-state index in [0.29, 0.717) is 33.6 Å². The number of nitrogens with one attached hydrogen (secondary N) is 1. The maximum atomic E-state index is 13.9. The van der Waals surface area contributed by atoms with Crippen LogP contribution < -0.4 is 10.2 Å². The molecule has 0 atom stereocenters. The van der Waals surface area contributed by atoms with Gasteiger partial charge in [0.15, 0.2) is 5.76 Å². The van der Waals surface area contributed by atoms with Gasteiger partial charge in [-0.3, -0.25) is 9.69 Å². The van der Waals surface area contributed by atoms with Gasteiger partial charge in [-0.15, -0.1) is 0 Å². The van der Waals surface area contributed by atoms with E-state index in [4.69, 9.17) is 27.6 Å². The van der Waals surface area contributed by atoms with Crippen molar-refractivity contribution in [2.45, 2.75) is 6.54 Å². The molecule has 3 aromatic carbocycles. The van der Waals surface area contributed by atoms with E-state index in [0.717, 1.165) is 37.4 Å². The van der Waals surface area contributed by atoms with Crippen LogP contribution in [0.25, 0.3) is 11.3 Å². The highest BCUT2D eigenvalue weighted by Gasteiger charge is 2.19. The van der Waals surface area contributed by atoms with Gasteiger partial charge in [0.2, 0.25) is 0 Å². The van der Waals surface area contributed by atoms with Gasteiger partial charge < -0.3 is 14.6 Å². The highest BCUT2D eigenvalue weighted by Crippen LogP contribution is 2.32. The van der Waals surface area contributed by atoms with Crippen molar-refractivity contribution in [3.05, 3.63) is 106 Å². The van der Waals surface area contributed by atoms with Crippen molar-refractivity contribution in [2.24, 2.45) is 0 Å². The van der Waals surface area contributed by atoms with Crippen LogP contribution >= 0.6 is 23.2 Å². The predicted octanol–water partition coefficient (Wildman–Crippen LogP) is 6.97. The Morgan fingerprint density at radius 2 is 1.67 bits per heavy atom. The van der Waals surface area contributed by atoms with E-state index < -0.39 is 0 Å². The maximum absolute atomic E-state index is 13.9. The molecule has 0 spiro atoms. The van der Waals surface area contributed by atoms with Crippen LogP contribution in [-0.4, -0.2) is 37.0 Å². The fourth-order valence-electron chi connectivity index (χ4n) is 4.27. The van der Waals surface area contributed by atoms with Gasteiger partial charge in [-0.2, -0.15) is 0 Å². The Morgan fingerprint density at radius 3 is 2.39 bits per heavy atom. The van der Waals surface area contributed by atoms with Crippen LogP contribution in [0.2, 0.25) is 10.0 Å². The van der Waals surface area contributed by atoms with Crippen LogP contribution in [0.4, 0.5) is 15.8 Å². The number of rotatable bonds is 6. The molecular formula is C28H24Cl2FN3O2. The third kappa shape index (κ3) is 5.57. The first kappa shape index (κ1) is 24.4. The van der Waals surface area contributed by atoms with E-state index in [1.165, 1.54) is 6.07 Å². The molecule has 1 aliphatic heterocycles. The molecule has 1 aromatic heterocycles. The standard InChI is InChI=1S/C28H24Cl2FN3O2/c29-20-5-10-23(24(30)17-20)26-11-12-27(36-26)28(35)32-21-6-8-22(9-7-21)34-15-13-33(14-16-34)18-19-3-1-2-4-25(19)31/h1-12,17H,13-16,18H2,(H,32,35). The summed E-state index contributed by atoms with van der Waals surface area (Å²) >= 11 is 12.2. The number of carbonyl (C=O) groups excluding carboxylic acids is 1. The summed E-state index contributed by atoms with van der Waals surface area (Å²) in [5.41, 5.74) is 3.14. The van der Waals surface area contributed by atoms with Gasteiger partial charge in [0, 0.05) is 60.2 Å². The Hall–Kier alpha value is -3.32. The van der Waals surface area contributed by atoms with Gasteiger partial charge in [-0.1, -0.05) is 41.4 Å². The third-order valence-corrected chi connectivity index (χ3v) is 6.79. The number of furan rings is 1. The molecule has 0 aliphatic carbocycles. The number of benzene rings is 3. The van der Waals surface area contributed by atoms with Crippen LogP contribution in [0.3, 0.4) is 0 Å². The summed E-state index contributed by atoms with van der Waals surface area (Å²) in [6.07, 6.45) is 0. The van der Waals surface area contributed by atoms with E-state index >= 15 is 0 Å². The summed E-state index contributed by atoms with van der Waals surface area (Å²) in [6.45, 7) is 4.02. The first-order valence-electron chi connectivity index (χ1n) is 11.6. The fourth-order valence-corrected chi connectivity index (χ4v) is 4.78. The van der Waals surface area contributed by atoms with Gasteiger partial charge in [0.05, 0.1) is 5.02 Å². The molecule has 0 bridgehead atoms. The van der Waals surface area contributed by atoms with Crippen LogP contribution in [0.5, 0.6) is 0 Å². The zero-order valence-electron chi connectivity index (χ0n) is 19.4. The summed E-state index contributed by atoms with van der Waals surface area (Å²) in [7, 11) is 0. The molecule has 8 heteroatoms. The van der Waals surface area contributed by atoms with Crippen molar-refractivity contribution < 1.29 is 13.6 Å². The molecule has 1 amide bonds. The van der Waals surface area contributed by atoms with Gasteiger partial charge >= 0.3 is 0 Å². The smallest absolute Gasteiger partial charge is 0.291 e. The van der Waals surface area contributed by atoms with E-state index in [9.17, 15) is 9.18 Å². The number of halogens is 3. The molecule has 5 nitrogen and oxygen atoms in total. The number of amides is 1. The normalized spacial score (nSPS) is 14.1. The van der Waals surface area contributed by atoms with Crippen LogP contribution in [0.1, 0.15) is 16.1 Å². The molecule has 0 saturated carbocycles. The van der Waals surface area contributed by atoms with Gasteiger partial charge in [-0.25, -0.2) is 4.39 Å². The second-order valence-electron chi connectivity index (χ2n) is 8.64. The van der Waals surface area contributed by atoms with Crippen LogP contribution in [-0.2, 0) is 6.54 Å². The first-order valence-corrected chi connectivity index (χ1v) is 12.4. The minimum Gasteiger partial charge on any atom is -0.451 e. The predicted molar refractivity (Wildman–Crippen MR) is 142 cm³/mol. The SMILES string of the molecule is O=C(Nc1ccc(N2CCN(Cc3ccccc3F)CC2)cc1)c1ccc(-c2ccc(Cl)cc2Cl)o1. The first-order chi connectivity index (χ1) is 17.5. The average molecular weight is 524 g/mol. The van der Waals surface area contributed by atoms with Crippen molar-refractivity contribution in [2.75, 3.05) is 36.4 Å². The van der Waals surface area contributed by atoms with E-state index in [-0.39, 0.29) is 17.5 Å². The molecule has 1 fully saturated rings. The molecule has 0 radical (unpaired) electrons. The lowest BCUT2D eigenvalue weighted by Crippen LogP contribution is -2.46. The van der Waals surface area contributed by atoms with Crippen LogP contribution in [0.15, 0.2) is 83.3 Å². The third-order valence-electron chi connectivity index (χ3n) is 6.24. The minimum absolute atomic E-state index is 0.155. The van der Waals surface area contributed by atoms with Gasteiger partial charge in [0.1, 0.15) is 11.6 Å². The molecule has 0 unspecified atom stereocenters. The van der Waals surface area contributed by atoms with Crippen molar-refractivity contribution in [3.63, 3.8) is 0 Å². The van der Waals surface area contributed by atoms with E-state index in [1.54, 1.807) is 36.4 Å². The minimum atomic E-state index is -0.346. The Kier molecular flexibility index (Phi) is 7.28. The number of nitrogens with zero attached hydrogens (tertiary/aromatic N) is 2. The topological polar surface area (TPSA) is 48.7 Å².